The van der Waals surface area contributed by atoms with Crippen molar-refractivity contribution in [1.29, 1.82) is 0 Å². The predicted octanol–water partition coefficient (Wildman–Crippen LogP) is 3.81. The van der Waals surface area contributed by atoms with Gasteiger partial charge in [0.15, 0.2) is 5.75 Å². The maximum atomic E-state index is 11.8. The average Bonchev–Trinajstić information content (AvgIpc) is 3.03. The lowest BCUT2D eigenvalue weighted by atomic mass is 10.0. The molecule has 128 valence electrons. The summed E-state index contributed by atoms with van der Waals surface area (Å²) in [5, 5.41) is 21.9. The Balaban J connectivity index is 2.01. The second kappa shape index (κ2) is 5.97. The summed E-state index contributed by atoms with van der Waals surface area (Å²) < 4.78 is 1.70. The highest BCUT2D eigenvalue weighted by molar-refractivity contribution is 6.06. The van der Waals surface area contributed by atoms with Gasteiger partial charge in [-0.1, -0.05) is 48.5 Å². The van der Waals surface area contributed by atoms with E-state index in [1.54, 1.807) is 29.0 Å². The maximum absolute atomic E-state index is 11.8. The molecule has 0 aliphatic rings. The normalized spacial score (nSPS) is 10.9. The van der Waals surface area contributed by atoms with E-state index in [2.05, 4.69) is 0 Å². The van der Waals surface area contributed by atoms with Gasteiger partial charge in [0, 0.05) is 11.6 Å². The van der Waals surface area contributed by atoms with Crippen LogP contribution in [0.2, 0.25) is 0 Å². The fourth-order valence-corrected chi connectivity index (χ4v) is 3.23. The molecule has 1 heterocycles. The molecule has 0 aliphatic heterocycles. The number of benzene rings is 3. The van der Waals surface area contributed by atoms with Crippen molar-refractivity contribution in [2.75, 3.05) is 0 Å². The van der Waals surface area contributed by atoms with Crippen molar-refractivity contribution in [3.05, 3.63) is 78.5 Å². The molecule has 0 unspecified atom stereocenters. The predicted molar refractivity (Wildman–Crippen MR) is 101 cm³/mol. The number of rotatable bonds is 3. The number of fused-ring (bicyclic) bond motifs is 1. The van der Waals surface area contributed by atoms with Gasteiger partial charge in [0.25, 0.3) is 5.91 Å². The third-order valence-electron chi connectivity index (χ3n) is 4.43. The van der Waals surface area contributed by atoms with Crippen LogP contribution in [0.5, 0.6) is 11.5 Å². The average molecular weight is 344 g/mol. The van der Waals surface area contributed by atoms with E-state index in [-0.39, 0.29) is 11.5 Å². The quantitative estimate of drug-likeness (QED) is 0.528. The number of para-hydroxylation sites is 1. The lowest BCUT2D eigenvalue weighted by Crippen LogP contribution is -2.10. The number of amides is 1. The van der Waals surface area contributed by atoms with Gasteiger partial charge in [0.2, 0.25) is 0 Å². The molecular formula is C21H16N2O3. The third kappa shape index (κ3) is 2.38. The Bertz CT molecular complexity index is 1130. The molecule has 0 saturated heterocycles. The fraction of sp³-hybridized carbons (Fsp3) is 0. The van der Waals surface area contributed by atoms with Crippen LogP contribution in [-0.4, -0.2) is 20.7 Å². The minimum absolute atomic E-state index is 0.0240. The molecule has 26 heavy (non-hydrogen) atoms. The summed E-state index contributed by atoms with van der Waals surface area (Å²) in [6, 6.07) is 19.6. The summed E-state index contributed by atoms with van der Waals surface area (Å²) >= 11 is 0. The van der Waals surface area contributed by atoms with Crippen molar-refractivity contribution in [1.82, 2.24) is 4.57 Å². The van der Waals surface area contributed by atoms with Crippen LogP contribution in [0, 0.1) is 0 Å². The van der Waals surface area contributed by atoms with Gasteiger partial charge >= 0.3 is 0 Å². The number of aromatic nitrogens is 1. The van der Waals surface area contributed by atoms with E-state index in [1.807, 2.05) is 42.5 Å². The Kier molecular flexibility index (Phi) is 3.62. The van der Waals surface area contributed by atoms with Gasteiger partial charge in [-0.05, 0) is 23.8 Å². The summed E-state index contributed by atoms with van der Waals surface area (Å²) in [5.41, 5.74) is 8.08. The van der Waals surface area contributed by atoms with Crippen LogP contribution in [0.25, 0.3) is 27.7 Å². The zero-order valence-electron chi connectivity index (χ0n) is 13.8. The minimum Gasteiger partial charge on any atom is -0.507 e. The first kappa shape index (κ1) is 15.8. The number of nitrogens with zero attached hydrogens (tertiary/aromatic N) is 1. The molecule has 4 aromatic rings. The molecule has 0 radical (unpaired) electrons. The number of primary amides is 1. The van der Waals surface area contributed by atoms with Crippen LogP contribution in [0.3, 0.4) is 0 Å². The monoisotopic (exact) mass is 344 g/mol. The minimum atomic E-state index is -0.540. The molecule has 0 bridgehead atoms. The molecule has 5 heteroatoms. The number of hydrogen-bond donors (Lipinski definition) is 3. The molecule has 5 nitrogen and oxygen atoms in total. The van der Waals surface area contributed by atoms with Gasteiger partial charge in [-0.25, -0.2) is 0 Å². The molecule has 0 atom stereocenters. The maximum Gasteiger partial charge on any atom is 0.250 e. The lowest BCUT2D eigenvalue weighted by Gasteiger charge is -2.13. The number of aromatic hydroxyl groups is 2. The van der Waals surface area contributed by atoms with E-state index < -0.39 is 5.91 Å². The number of hydrogen-bond acceptors (Lipinski definition) is 3. The zero-order valence-corrected chi connectivity index (χ0v) is 13.8. The molecule has 3 aromatic carbocycles. The van der Waals surface area contributed by atoms with E-state index in [0.717, 1.165) is 5.52 Å². The number of phenols is 2. The van der Waals surface area contributed by atoms with Gasteiger partial charge in [-0.2, -0.15) is 0 Å². The van der Waals surface area contributed by atoms with Crippen molar-refractivity contribution in [3.63, 3.8) is 0 Å². The van der Waals surface area contributed by atoms with Gasteiger partial charge in [-0.3, -0.25) is 4.79 Å². The van der Waals surface area contributed by atoms with E-state index >= 15 is 0 Å². The molecule has 1 aromatic heterocycles. The van der Waals surface area contributed by atoms with Crippen LogP contribution in [0.1, 0.15) is 10.4 Å². The second-order valence-electron chi connectivity index (χ2n) is 5.99. The summed E-state index contributed by atoms with van der Waals surface area (Å²) in [4.78, 5) is 11.8. The molecule has 1 amide bonds. The van der Waals surface area contributed by atoms with Crippen molar-refractivity contribution in [2.45, 2.75) is 0 Å². The fourth-order valence-electron chi connectivity index (χ4n) is 3.23. The largest absolute Gasteiger partial charge is 0.507 e. The first-order valence-corrected chi connectivity index (χ1v) is 8.08. The zero-order chi connectivity index (χ0) is 18.3. The highest BCUT2D eigenvalue weighted by Crippen LogP contribution is 2.42. The SMILES string of the molecule is NC(=O)c1cn(-c2ccc(O)c(-c3ccccc3)c2O)c2ccccc12. The van der Waals surface area contributed by atoms with E-state index in [4.69, 9.17) is 5.73 Å². The second-order valence-corrected chi connectivity index (χ2v) is 5.99. The summed E-state index contributed by atoms with van der Waals surface area (Å²) in [6.45, 7) is 0. The van der Waals surface area contributed by atoms with Gasteiger partial charge in [-0.15, -0.1) is 0 Å². The number of carbonyl (C=O) groups is 1. The van der Waals surface area contributed by atoms with E-state index in [0.29, 0.717) is 27.8 Å². The lowest BCUT2D eigenvalue weighted by molar-refractivity contribution is 0.100. The summed E-state index contributed by atoms with van der Waals surface area (Å²) in [7, 11) is 0. The van der Waals surface area contributed by atoms with Crippen molar-refractivity contribution < 1.29 is 15.0 Å². The number of nitrogens with two attached hydrogens (primary N) is 1. The van der Waals surface area contributed by atoms with Crippen LogP contribution < -0.4 is 5.73 Å². The molecule has 0 fully saturated rings. The topological polar surface area (TPSA) is 88.5 Å². The van der Waals surface area contributed by atoms with Crippen LogP contribution in [0.4, 0.5) is 0 Å². The number of phenolic OH excluding ortho intramolecular Hbond substituents is 2. The van der Waals surface area contributed by atoms with Crippen molar-refractivity contribution >= 4 is 16.8 Å². The van der Waals surface area contributed by atoms with Gasteiger partial charge < -0.3 is 20.5 Å². The third-order valence-corrected chi connectivity index (χ3v) is 4.43. The first-order chi connectivity index (χ1) is 12.6. The van der Waals surface area contributed by atoms with Crippen LogP contribution in [-0.2, 0) is 0 Å². The Labute approximate surface area is 149 Å². The van der Waals surface area contributed by atoms with Gasteiger partial charge in [0.1, 0.15) is 5.75 Å². The molecular weight excluding hydrogens is 328 g/mol. The molecule has 4 rings (SSSR count). The van der Waals surface area contributed by atoms with Crippen LogP contribution in [0.15, 0.2) is 72.9 Å². The molecule has 0 spiro atoms. The van der Waals surface area contributed by atoms with E-state index in [9.17, 15) is 15.0 Å². The Morgan fingerprint density at radius 2 is 1.58 bits per heavy atom. The smallest absolute Gasteiger partial charge is 0.250 e. The molecule has 4 N–H and O–H groups in total. The highest BCUT2D eigenvalue weighted by atomic mass is 16.3. The first-order valence-electron chi connectivity index (χ1n) is 8.08. The molecule has 0 aliphatic carbocycles. The number of carbonyl (C=O) groups excluding carboxylic acids is 1. The summed E-state index contributed by atoms with van der Waals surface area (Å²) in [6.07, 6.45) is 1.61. The Morgan fingerprint density at radius 3 is 2.31 bits per heavy atom. The van der Waals surface area contributed by atoms with E-state index in [1.165, 1.54) is 6.07 Å². The highest BCUT2D eigenvalue weighted by Gasteiger charge is 2.19. The Morgan fingerprint density at radius 1 is 0.885 bits per heavy atom. The Hall–Kier alpha value is -3.73. The summed E-state index contributed by atoms with van der Waals surface area (Å²) in [5.74, 6) is -0.640. The molecule has 0 saturated carbocycles. The van der Waals surface area contributed by atoms with Crippen molar-refractivity contribution in [3.8, 4) is 28.3 Å². The standard InChI is InChI=1S/C21H16N2O3/c22-21(26)15-12-23(16-9-5-4-8-14(15)16)17-10-11-18(24)19(20(17)25)13-6-2-1-3-7-13/h1-12,24-25H,(H2,22,26). The van der Waals surface area contributed by atoms with Gasteiger partial charge in [0.05, 0.1) is 22.3 Å². The van der Waals surface area contributed by atoms with Crippen LogP contribution >= 0.6 is 0 Å². The van der Waals surface area contributed by atoms with Crippen molar-refractivity contribution in [2.24, 2.45) is 5.73 Å².